The third kappa shape index (κ3) is 3.18. The molecule has 0 aliphatic carbocycles. The molecule has 0 radical (unpaired) electrons. The van der Waals surface area contributed by atoms with Crippen LogP contribution in [0.5, 0.6) is 0 Å². The smallest absolute Gasteiger partial charge is 0.229 e. The fourth-order valence-electron chi connectivity index (χ4n) is 2.93. The van der Waals surface area contributed by atoms with Crippen LogP contribution in [0.15, 0.2) is 49.1 Å². The Morgan fingerprint density at radius 2 is 2.20 bits per heavy atom. The zero-order valence-corrected chi connectivity index (χ0v) is 13.4. The summed E-state index contributed by atoms with van der Waals surface area (Å²) in [4.78, 5) is 30.6. The average molecular weight is 336 g/mol. The first-order valence-corrected chi connectivity index (χ1v) is 7.97. The second-order valence-corrected chi connectivity index (χ2v) is 6.00. The topological polar surface area (TPSA) is 92.5 Å². The molecule has 1 atom stereocenters. The van der Waals surface area contributed by atoms with E-state index in [1.165, 1.54) is 0 Å². The third-order valence-corrected chi connectivity index (χ3v) is 4.22. The molecule has 25 heavy (non-hydrogen) atoms. The molecule has 8 nitrogen and oxygen atoms in total. The van der Waals surface area contributed by atoms with E-state index in [1.54, 1.807) is 40.2 Å². The molecule has 1 unspecified atom stereocenters. The number of pyridine rings is 2. The van der Waals surface area contributed by atoms with Crippen molar-refractivity contribution in [3.63, 3.8) is 0 Å². The average Bonchev–Trinajstić information content (AvgIpc) is 3.22. The van der Waals surface area contributed by atoms with E-state index in [-0.39, 0.29) is 24.2 Å². The van der Waals surface area contributed by atoms with Crippen LogP contribution in [-0.2, 0) is 16.1 Å². The van der Waals surface area contributed by atoms with Crippen molar-refractivity contribution in [1.29, 1.82) is 0 Å². The Morgan fingerprint density at radius 1 is 1.28 bits per heavy atom. The number of hydrogen-bond acceptors (Lipinski definition) is 5. The minimum Gasteiger partial charge on any atom is -0.336 e. The third-order valence-electron chi connectivity index (χ3n) is 4.22. The molecule has 4 heterocycles. The van der Waals surface area contributed by atoms with Gasteiger partial charge >= 0.3 is 0 Å². The number of anilines is 1. The van der Waals surface area contributed by atoms with E-state index >= 15 is 0 Å². The summed E-state index contributed by atoms with van der Waals surface area (Å²) in [6.45, 7) is 0.826. The van der Waals surface area contributed by atoms with E-state index in [2.05, 4.69) is 20.5 Å². The van der Waals surface area contributed by atoms with Crippen molar-refractivity contribution >= 4 is 23.1 Å². The molecular formula is C17H16N6O2. The van der Waals surface area contributed by atoms with Crippen LogP contribution in [0.25, 0.3) is 5.65 Å². The first kappa shape index (κ1) is 15.3. The maximum Gasteiger partial charge on any atom is 0.229 e. The molecule has 4 rings (SSSR count). The molecule has 3 aromatic heterocycles. The largest absolute Gasteiger partial charge is 0.336 e. The molecule has 126 valence electrons. The molecule has 1 saturated heterocycles. The Labute approximate surface area is 143 Å². The van der Waals surface area contributed by atoms with Crippen molar-refractivity contribution in [1.82, 2.24) is 24.5 Å². The lowest BCUT2D eigenvalue weighted by Gasteiger charge is -2.16. The van der Waals surface area contributed by atoms with Crippen LogP contribution < -0.4 is 5.32 Å². The van der Waals surface area contributed by atoms with Gasteiger partial charge in [-0.2, -0.15) is 0 Å². The molecule has 1 aliphatic rings. The molecule has 8 heteroatoms. The summed E-state index contributed by atoms with van der Waals surface area (Å²) in [6.07, 6.45) is 5.23. The van der Waals surface area contributed by atoms with Gasteiger partial charge in [-0.3, -0.25) is 19.0 Å². The molecule has 0 saturated carbocycles. The first-order chi connectivity index (χ1) is 12.2. The minimum absolute atomic E-state index is 0.0277. The molecule has 0 bridgehead atoms. The lowest BCUT2D eigenvalue weighted by Crippen LogP contribution is -2.28. The number of likely N-dealkylation sites (tertiary alicyclic amines) is 1. The van der Waals surface area contributed by atoms with Gasteiger partial charge in [-0.15, -0.1) is 10.2 Å². The zero-order chi connectivity index (χ0) is 17.2. The predicted molar refractivity (Wildman–Crippen MR) is 89.4 cm³/mol. The second-order valence-electron chi connectivity index (χ2n) is 6.00. The minimum atomic E-state index is -0.368. The highest BCUT2D eigenvalue weighted by Crippen LogP contribution is 2.21. The molecule has 1 aliphatic heterocycles. The summed E-state index contributed by atoms with van der Waals surface area (Å²) >= 11 is 0. The number of fused-ring (bicyclic) bond motifs is 1. The summed E-state index contributed by atoms with van der Waals surface area (Å²) in [5, 5.41) is 10.6. The van der Waals surface area contributed by atoms with Crippen molar-refractivity contribution < 1.29 is 9.59 Å². The Balaban J connectivity index is 1.41. The maximum absolute atomic E-state index is 12.5. The summed E-state index contributed by atoms with van der Waals surface area (Å²) in [6, 6.07) is 9.13. The van der Waals surface area contributed by atoms with Crippen molar-refractivity contribution in [3.05, 3.63) is 54.7 Å². The van der Waals surface area contributed by atoms with Crippen molar-refractivity contribution in [2.45, 2.75) is 13.0 Å². The van der Waals surface area contributed by atoms with Crippen molar-refractivity contribution in [2.24, 2.45) is 5.92 Å². The van der Waals surface area contributed by atoms with Gasteiger partial charge in [-0.25, -0.2) is 0 Å². The quantitative estimate of drug-likeness (QED) is 0.770. The maximum atomic E-state index is 12.5. The standard InChI is InChI=1S/C17H16N6O2/c24-16-7-12(8-22(16)9-13-3-1-2-6-18-13)17(25)20-14-4-5-15-21-19-11-23(15)10-14/h1-6,10-12H,7-9H2,(H,20,25). The van der Waals surface area contributed by atoms with Crippen LogP contribution in [0.4, 0.5) is 5.69 Å². The van der Waals surface area contributed by atoms with Crippen LogP contribution in [-0.4, -0.2) is 42.8 Å². The lowest BCUT2D eigenvalue weighted by atomic mass is 10.1. The molecule has 0 spiro atoms. The number of carbonyl (C=O) groups excluding carboxylic acids is 2. The fourth-order valence-corrected chi connectivity index (χ4v) is 2.93. The van der Waals surface area contributed by atoms with Gasteiger partial charge < -0.3 is 10.2 Å². The number of hydrogen-bond donors (Lipinski definition) is 1. The number of rotatable bonds is 4. The van der Waals surface area contributed by atoms with Gasteiger partial charge in [0.2, 0.25) is 11.8 Å². The first-order valence-electron chi connectivity index (χ1n) is 7.97. The Bertz CT molecular complexity index is 923. The zero-order valence-electron chi connectivity index (χ0n) is 13.4. The van der Waals surface area contributed by atoms with Gasteiger partial charge in [0.25, 0.3) is 0 Å². The van der Waals surface area contributed by atoms with E-state index < -0.39 is 0 Å². The van der Waals surface area contributed by atoms with Gasteiger partial charge in [-0.1, -0.05) is 6.07 Å². The Hall–Kier alpha value is -3.29. The fraction of sp³-hybridized carbons (Fsp3) is 0.235. The monoisotopic (exact) mass is 336 g/mol. The second kappa shape index (κ2) is 6.31. The highest BCUT2D eigenvalue weighted by atomic mass is 16.2. The van der Waals surface area contributed by atoms with E-state index in [1.807, 2.05) is 18.2 Å². The van der Waals surface area contributed by atoms with Gasteiger partial charge in [0.1, 0.15) is 6.33 Å². The number of nitrogens with zero attached hydrogens (tertiary/aromatic N) is 5. The van der Waals surface area contributed by atoms with Crippen LogP contribution in [0.2, 0.25) is 0 Å². The van der Waals surface area contributed by atoms with Crippen molar-refractivity contribution in [2.75, 3.05) is 11.9 Å². The SMILES string of the molecule is O=C(Nc1ccc2nncn2c1)C1CC(=O)N(Cc2ccccn2)C1. The van der Waals surface area contributed by atoms with Crippen LogP contribution >= 0.6 is 0 Å². The number of aromatic nitrogens is 4. The Morgan fingerprint density at radius 3 is 3.04 bits per heavy atom. The lowest BCUT2D eigenvalue weighted by molar-refractivity contribution is -0.128. The van der Waals surface area contributed by atoms with Crippen LogP contribution in [0.1, 0.15) is 12.1 Å². The van der Waals surface area contributed by atoms with E-state index in [9.17, 15) is 9.59 Å². The summed E-state index contributed by atoms with van der Waals surface area (Å²) in [7, 11) is 0. The van der Waals surface area contributed by atoms with Gasteiger partial charge in [0.05, 0.1) is 23.8 Å². The predicted octanol–water partition coefficient (Wildman–Crippen LogP) is 1.11. The molecule has 3 aromatic rings. The van der Waals surface area contributed by atoms with E-state index in [0.29, 0.717) is 24.4 Å². The van der Waals surface area contributed by atoms with Gasteiger partial charge in [0.15, 0.2) is 5.65 Å². The molecule has 2 amide bonds. The van der Waals surface area contributed by atoms with E-state index in [0.717, 1.165) is 5.69 Å². The van der Waals surface area contributed by atoms with Crippen LogP contribution in [0.3, 0.4) is 0 Å². The molecular weight excluding hydrogens is 320 g/mol. The summed E-state index contributed by atoms with van der Waals surface area (Å²) in [5.74, 6) is -0.558. The van der Waals surface area contributed by atoms with Crippen molar-refractivity contribution in [3.8, 4) is 0 Å². The van der Waals surface area contributed by atoms with Gasteiger partial charge in [-0.05, 0) is 24.3 Å². The summed E-state index contributed by atoms with van der Waals surface area (Å²) in [5.41, 5.74) is 2.17. The highest BCUT2D eigenvalue weighted by molar-refractivity contribution is 5.97. The molecule has 1 fully saturated rings. The van der Waals surface area contributed by atoms with Crippen LogP contribution in [0, 0.1) is 5.92 Å². The molecule has 0 aromatic carbocycles. The van der Waals surface area contributed by atoms with E-state index in [4.69, 9.17) is 0 Å². The highest BCUT2D eigenvalue weighted by Gasteiger charge is 2.34. The molecule has 1 N–H and O–H groups in total. The normalized spacial score (nSPS) is 17.2. The van der Waals surface area contributed by atoms with Gasteiger partial charge in [0, 0.05) is 25.4 Å². The Kier molecular flexibility index (Phi) is 3.85. The summed E-state index contributed by atoms with van der Waals surface area (Å²) < 4.78 is 1.72. The number of amides is 2. The number of nitrogens with one attached hydrogen (secondary N) is 1. The number of carbonyl (C=O) groups is 2.